The van der Waals surface area contributed by atoms with Gasteiger partial charge in [-0.1, -0.05) is 59.6 Å². The van der Waals surface area contributed by atoms with Crippen LogP contribution in [0.2, 0.25) is 0 Å². The molecule has 0 N–H and O–H groups in total. The summed E-state index contributed by atoms with van der Waals surface area (Å²) in [5.74, 6) is 6.35. The molecular weight excluding hydrogens is 344 g/mol. The number of rotatable bonds is 0. The minimum atomic E-state index is 0. The minimum Gasteiger partial charge on any atom is -0.214 e. The normalized spacial score (nSPS) is 13.7. The van der Waals surface area contributed by atoms with Crippen molar-refractivity contribution >= 4 is 0 Å². The van der Waals surface area contributed by atoms with Gasteiger partial charge in [0.2, 0.25) is 0 Å². The minimum absolute atomic E-state index is 0. The van der Waals surface area contributed by atoms with Crippen molar-refractivity contribution in [3.8, 4) is 11.8 Å². The molecule has 25 heavy (non-hydrogen) atoms. The van der Waals surface area contributed by atoms with Gasteiger partial charge in [0.15, 0.2) is 0 Å². The van der Waals surface area contributed by atoms with Crippen LogP contribution in [0.5, 0.6) is 0 Å². The molecule has 0 bridgehead atoms. The Morgan fingerprint density at radius 2 is 1.44 bits per heavy atom. The van der Waals surface area contributed by atoms with Gasteiger partial charge in [-0.3, -0.25) is 0 Å². The molecule has 0 heterocycles. The van der Waals surface area contributed by atoms with E-state index in [4.69, 9.17) is 0 Å². The van der Waals surface area contributed by atoms with E-state index in [0.717, 1.165) is 11.1 Å². The molecule has 4 rings (SSSR count). The van der Waals surface area contributed by atoms with Crippen LogP contribution in [-0.4, -0.2) is 0 Å². The van der Waals surface area contributed by atoms with Crippen LogP contribution < -0.4 is 0 Å². The maximum Gasteiger partial charge on any atom is 2.00 e. The molecule has 0 amide bonds. The SMILES string of the molecule is C(#Cc1ccccc1)C1=C[CH-]C(=C2C=CC=C2)C=C1.[Fe+2].c1cc[cH-]c1. The fraction of sp³-hybridized carbons (Fsp3) is 0. The molecule has 122 valence electrons. The van der Waals surface area contributed by atoms with Gasteiger partial charge < -0.3 is 0 Å². The van der Waals surface area contributed by atoms with Crippen LogP contribution in [0.1, 0.15) is 5.56 Å². The third-order valence-corrected chi connectivity index (χ3v) is 3.56. The first-order valence-corrected chi connectivity index (χ1v) is 7.98. The van der Waals surface area contributed by atoms with E-state index in [2.05, 4.69) is 60.8 Å². The molecule has 0 atom stereocenters. The van der Waals surface area contributed by atoms with Gasteiger partial charge in [0, 0.05) is 5.56 Å². The molecule has 0 fully saturated rings. The summed E-state index contributed by atoms with van der Waals surface area (Å²) in [4.78, 5) is 0. The topological polar surface area (TPSA) is 0 Å². The fourth-order valence-corrected chi connectivity index (χ4v) is 2.30. The van der Waals surface area contributed by atoms with E-state index >= 15 is 0 Å². The van der Waals surface area contributed by atoms with Crippen molar-refractivity contribution in [1.29, 1.82) is 0 Å². The molecule has 0 saturated heterocycles. The second kappa shape index (κ2) is 10.2. The molecule has 1 heteroatoms. The average molecular weight is 362 g/mol. The van der Waals surface area contributed by atoms with Crippen LogP contribution in [-0.2, 0) is 17.1 Å². The van der Waals surface area contributed by atoms with Gasteiger partial charge in [0.05, 0.1) is 0 Å². The Balaban J connectivity index is 0.000000325. The Morgan fingerprint density at radius 1 is 0.720 bits per heavy atom. The zero-order valence-electron chi connectivity index (χ0n) is 13.7. The third-order valence-electron chi connectivity index (χ3n) is 3.56. The summed E-state index contributed by atoms with van der Waals surface area (Å²) in [6.45, 7) is 0. The van der Waals surface area contributed by atoms with Crippen molar-refractivity contribution in [2.75, 3.05) is 0 Å². The predicted octanol–water partition coefficient (Wildman–Crippen LogP) is 5.56. The molecule has 0 aliphatic heterocycles. The van der Waals surface area contributed by atoms with Crippen LogP contribution in [0.25, 0.3) is 0 Å². The van der Waals surface area contributed by atoms with Crippen molar-refractivity contribution in [2.45, 2.75) is 0 Å². The third kappa shape index (κ3) is 5.97. The summed E-state index contributed by atoms with van der Waals surface area (Å²) in [5, 5.41) is 0. The number of allylic oxidation sites excluding steroid dienone is 10. The molecule has 0 aromatic heterocycles. The smallest absolute Gasteiger partial charge is 0.214 e. The van der Waals surface area contributed by atoms with Gasteiger partial charge in [0.25, 0.3) is 0 Å². The average Bonchev–Trinajstić information content (AvgIpc) is 3.37. The van der Waals surface area contributed by atoms with Gasteiger partial charge >= 0.3 is 17.1 Å². The van der Waals surface area contributed by atoms with Gasteiger partial charge in [0.1, 0.15) is 0 Å². The molecule has 2 aliphatic rings. The summed E-state index contributed by atoms with van der Waals surface area (Å²) in [6, 6.07) is 20.0. The van der Waals surface area contributed by atoms with Crippen molar-refractivity contribution < 1.29 is 17.1 Å². The standard InChI is InChI=1S/C19H13.C5H5.Fe/c1-2-6-16(7-3-1)10-11-17-12-14-19(15-13-17)18-8-4-5-9-18;1-2-4-5-3-1;/h1-9,12-15H;1-5H;/q2*-1;+2. The van der Waals surface area contributed by atoms with Crippen molar-refractivity contribution in [2.24, 2.45) is 0 Å². The fourth-order valence-electron chi connectivity index (χ4n) is 2.30. The first-order chi connectivity index (χ1) is 11.9. The molecule has 0 spiro atoms. The van der Waals surface area contributed by atoms with Crippen LogP contribution in [0, 0.1) is 18.3 Å². The Kier molecular flexibility index (Phi) is 7.54. The summed E-state index contributed by atoms with van der Waals surface area (Å²) in [7, 11) is 0. The molecule has 2 aromatic carbocycles. The van der Waals surface area contributed by atoms with E-state index < -0.39 is 0 Å². The summed E-state index contributed by atoms with van der Waals surface area (Å²) < 4.78 is 0. The van der Waals surface area contributed by atoms with E-state index in [1.165, 1.54) is 11.1 Å². The van der Waals surface area contributed by atoms with Gasteiger partial charge in [-0.15, -0.1) is 36.1 Å². The zero-order valence-corrected chi connectivity index (χ0v) is 14.9. The maximum absolute atomic E-state index is 3.18. The summed E-state index contributed by atoms with van der Waals surface area (Å²) in [6.07, 6.45) is 16.7. The largest absolute Gasteiger partial charge is 2.00 e. The first kappa shape index (κ1) is 18.6. The Hall–Kier alpha value is -2.78. The Labute approximate surface area is 160 Å². The molecule has 2 aromatic rings. The molecule has 0 unspecified atom stereocenters. The zero-order chi connectivity index (χ0) is 16.5. The van der Waals surface area contributed by atoms with Crippen molar-refractivity contribution in [3.05, 3.63) is 132 Å². The van der Waals surface area contributed by atoms with Crippen molar-refractivity contribution in [1.82, 2.24) is 0 Å². The Bertz CT molecular complexity index is 830. The molecule has 2 aliphatic carbocycles. The van der Waals surface area contributed by atoms with E-state index in [1.54, 1.807) is 0 Å². The van der Waals surface area contributed by atoms with Gasteiger partial charge in [-0.2, -0.15) is 18.2 Å². The molecular formula is C24H18Fe. The molecule has 0 nitrogen and oxygen atoms in total. The summed E-state index contributed by atoms with van der Waals surface area (Å²) >= 11 is 0. The van der Waals surface area contributed by atoms with Crippen LogP contribution >= 0.6 is 0 Å². The van der Waals surface area contributed by atoms with E-state index in [-0.39, 0.29) is 17.1 Å². The second-order valence-electron chi connectivity index (χ2n) is 5.33. The first-order valence-electron chi connectivity index (χ1n) is 7.98. The van der Waals surface area contributed by atoms with Crippen LogP contribution in [0.4, 0.5) is 0 Å². The van der Waals surface area contributed by atoms with E-state index in [1.807, 2.05) is 60.7 Å². The number of hydrogen-bond acceptors (Lipinski definition) is 0. The summed E-state index contributed by atoms with van der Waals surface area (Å²) in [5.41, 5.74) is 4.57. The van der Waals surface area contributed by atoms with Crippen LogP contribution in [0.3, 0.4) is 0 Å². The van der Waals surface area contributed by atoms with E-state index in [0.29, 0.717) is 0 Å². The van der Waals surface area contributed by atoms with Gasteiger partial charge in [-0.25, -0.2) is 12.1 Å². The maximum atomic E-state index is 3.18. The van der Waals surface area contributed by atoms with Crippen molar-refractivity contribution in [3.63, 3.8) is 0 Å². The monoisotopic (exact) mass is 362 g/mol. The number of benzene rings is 1. The second-order valence-corrected chi connectivity index (χ2v) is 5.33. The van der Waals surface area contributed by atoms with Crippen LogP contribution in [0.15, 0.2) is 120 Å². The molecule has 0 saturated carbocycles. The van der Waals surface area contributed by atoms with E-state index in [9.17, 15) is 0 Å². The number of hydrogen-bond donors (Lipinski definition) is 0. The van der Waals surface area contributed by atoms with Gasteiger partial charge in [-0.05, 0) is 12.1 Å². The predicted molar refractivity (Wildman–Crippen MR) is 102 cm³/mol. The molecule has 0 radical (unpaired) electrons. The quantitative estimate of drug-likeness (QED) is 0.327. The Morgan fingerprint density at radius 3 is 2.00 bits per heavy atom.